The summed E-state index contributed by atoms with van der Waals surface area (Å²) in [6.45, 7) is 2.41. The average Bonchev–Trinajstić information content (AvgIpc) is 3.09. The first-order chi connectivity index (χ1) is 9.15. The van der Waals surface area contributed by atoms with Gasteiger partial charge in [0, 0.05) is 17.2 Å². The molecule has 1 aliphatic carbocycles. The molecular formula is C15H15ClFNO. The van der Waals surface area contributed by atoms with Gasteiger partial charge < -0.3 is 9.73 Å². The minimum Gasteiger partial charge on any atom is -0.467 e. The molecule has 0 radical (unpaired) electrons. The molecule has 0 aliphatic heterocycles. The normalized spacial score (nSPS) is 14.9. The summed E-state index contributed by atoms with van der Waals surface area (Å²) in [6.07, 6.45) is 4.10. The van der Waals surface area contributed by atoms with Gasteiger partial charge in [0.25, 0.3) is 0 Å². The quantitative estimate of drug-likeness (QED) is 0.903. The highest BCUT2D eigenvalue weighted by Crippen LogP contribution is 2.33. The number of hydrogen-bond donors (Lipinski definition) is 1. The van der Waals surface area contributed by atoms with E-state index in [0.717, 1.165) is 16.9 Å². The Labute approximate surface area is 116 Å². The second kappa shape index (κ2) is 4.99. The molecule has 0 atom stereocenters. The molecule has 19 heavy (non-hydrogen) atoms. The van der Waals surface area contributed by atoms with E-state index in [0.29, 0.717) is 23.2 Å². The lowest BCUT2D eigenvalue weighted by Crippen LogP contribution is -2.15. The van der Waals surface area contributed by atoms with Gasteiger partial charge in [-0.15, -0.1) is 0 Å². The van der Waals surface area contributed by atoms with Gasteiger partial charge in [0.1, 0.15) is 11.6 Å². The summed E-state index contributed by atoms with van der Waals surface area (Å²) in [4.78, 5) is 0. The average molecular weight is 280 g/mol. The fourth-order valence-corrected chi connectivity index (χ4v) is 2.36. The van der Waals surface area contributed by atoms with Crippen molar-refractivity contribution in [1.29, 1.82) is 0 Å². The van der Waals surface area contributed by atoms with Crippen LogP contribution in [0.2, 0.25) is 5.02 Å². The molecule has 0 spiro atoms. The third kappa shape index (κ3) is 2.67. The molecule has 3 rings (SSSR count). The Hall–Kier alpha value is -1.32. The molecular weight excluding hydrogens is 265 g/mol. The number of benzene rings is 1. The van der Waals surface area contributed by atoms with Gasteiger partial charge in [0.2, 0.25) is 0 Å². The highest BCUT2D eigenvalue weighted by Gasteiger charge is 2.22. The lowest BCUT2D eigenvalue weighted by Gasteiger charge is -2.08. The minimum absolute atomic E-state index is 0.282. The highest BCUT2D eigenvalue weighted by atomic mass is 35.5. The van der Waals surface area contributed by atoms with E-state index < -0.39 is 0 Å². The number of aryl methyl sites for hydroxylation is 1. The van der Waals surface area contributed by atoms with Crippen LogP contribution in [-0.2, 0) is 6.54 Å². The van der Waals surface area contributed by atoms with Gasteiger partial charge in [-0.2, -0.15) is 0 Å². The van der Waals surface area contributed by atoms with Crippen LogP contribution in [0.15, 0.2) is 28.9 Å². The maximum absolute atomic E-state index is 13.4. The van der Waals surface area contributed by atoms with Gasteiger partial charge in [-0.3, -0.25) is 0 Å². The van der Waals surface area contributed by atoms with Crippen LogP contribution in [-0.4, -0.2) is 6.04 Å². The van der Waals surface area contributed by atoms with Gasteiger partial charge in [-0.1, -0.05) is 11.6 Å². The third-order valence-corrected chi connectivity index (χ3v) is 3.73. The van der Waals surface area contributed by atoms with Crippen molar-refractivity contribution in [3.05, 3.63) is 46.6 Å². The molecule has 1 aromatic carbocycles. The highest BCUT2D eigenvalue weighted by molar-refractivity contribution is 6.33. The summed E-state index contributed by atoms with van der Waals surface area (Å²) in [5, 5.41) is 3.82. The maximum atomic E-state index is 13.4. The van der Waals surface area contributed by atoms with E-state index in [1.807, 2.05) is 6.07 Å². The Morgan fingerprint density at radius 2 is 2.16 bits per heavy atom. The largest absolute Gasteiger partial charge is 0.467 e. The van der Waals surface area contributed by atoms with Crippen molar-refractivity contribution in [2.24, 2.45) is 0 Å². The summed E-state index contributed by atoms with van der Waals surface area (Å²) < 4.78 is 19.0. The Kier molecular flexibility index (Phi) is 3.33. The van der Waals surface area contributed by atoms with Gasteiger partial charge in [-0.05, 0) is 43.5 Å². The van der Waals surface area contributed by atoms with Crippen molar-refractivity contribution in [3.63, 3.8) is 0 Å². The number of rotatable bonds is 4. The molecule has 100 valence electrons. The lowest BCUT2D eigenvalue weighted by molar-refractivity contribution is 0.483. The summed E-state index contributed by atoms with van der Waals surface area (Å²) in [5.74, 6) is 0.565. The van der Waals surface area contributed by atoms with Crippen molar-refractivity contribution in [1.82, 2.24) is 5.32 Å². The summed E-state index contributed by atoms with van der Waals surface area (Å²) in [7, 11) is 0. The Morgan fingerprint density at radius 3 is 2.89 bits per heavy atom. The summed E-state index contributed by atoms with van der Waals surface area (Å²) >= 11 is 6.14. The number of halogens is 2. The van der Waals surface area contributed by atoms with Gasteiger partial charge >= 0.3 is 0 Å². The first kappa shape index (κ1) is 12.7. The van der Waals surface area contributed by atoms with Crippen LogP contribution in [0, 0.1) is 12.7 Å². The van der Waals surface area contributed by atoms with Gasteiger partial charge in [-0.25, -0.2) is 4.39 Å². The first-order valence-corrected chi connectivity index (χ1v) is 6.78. The molecule has 1 heterocycles. The SMILES string of the molecule is Cc1cc(-c2ccoc2CNC2CC2)c(Cl)cc1F. The molecule has 0 bridgehead atoms. The Balaban J connectivity index is 1.92. The van der Waals surface area contributed by atoms with Crippen LogP contribution in [0.1, 0.15) is 24.2 Å². The fraction of sp³-hybridized carbons (Fsp3) is 0.333. The molecule has 1 aliphatic rings. The van der Waals surface area contributed by atoms with Crippen molar-refractivity contribution in [2.75, 3.05) is 0 Å². The molecule has 2 nitrogen and oxygen atoms in total. The van der Waals surface area contributed by atoms with E-state index in [2.05, 4.69) is 5.32 Å². The molecule has 1 saturated carbocycles. The van der Waals surface area contributed by atoms with Crippen LogP contribution < -0.4 is 5.32 Å². The topological polar surface area (TPSA) is 25.2 Å². The lowest BCUT2D eigenvalue weighted by atomic mass is 10.0. The molecule has 0 amide bonds. The fourth-order valence-electron chi connectivity index (χ4n) is 2.11. The van der Waals surface area contributed by atoms with Crippen LogP contribution in [0.5, 0.6) is 0 Å². The van der Waals surface area contributed by atoms with E-state index in [9.17, 15) is 4.39 Å². The predicted octanol–water partition coefficient (Wildman–Crippen LogP) is 4.30. The van der Waals surface area contributed by atoms with Crippen LogP contribution in [0.4, 0.5) is 4.39 Å². The van der Waals surface area contributed by atoms with E-state index in [4.69, 9.17) is 16.0 Å². The van der Waals surface area contributed by atoms with Gasteiger partial charge in [0.15, 0.2) is 0 Å². The molecule has 1 N–H and O–H groups in total. The smallest absolute Gasteiger partial charge is 0.127 e. The molecule has 4 heteroatoms. The molecule has 2 aromatic rings. The monoisotopic (exact) mass is 279 g/mol. The standard InChI is InChI=1S/C15H15ClFNO/c1-9-6-12(13(16)7-14(9)17)11-4-5-19-15(11)8-18-10-2-3-10/h4-7,10,18H,2-3,8H2,1H3. The zero-order valence-corrected chi connectivity index (χ0v) is 11.4. The predicted molar refractivity (Wildman–Crippen MR) is 73.7 cm³/mol. The molecule has 0 saturated heterocycles. The van der Waals surface area contributed by atoms with E-state index in [1.165, 1.54) is 18.9 Å². The van der Waals surface area contributed by atoms with E-state index >= 15 is 0 Å². The van der Waals surface area contributed by atoms with Crippen LogP contribution in [0.25, 0.3) is 11.1 Å². The second-order valence-corrected chi connectivity index (χ2v) is 5.40. The Bertz CT molecular complexity index is 604. The number of nitrogens with one attached hydrogen (secondary N) is 1. The van der Waals surface area contributed by atoms with Crippen molar-refractivity contribution < 1.29 is 8.81 Å². The summed E-state index contributed by atoms with van der Waals surface area (Å²) in [6, 6.07) is 5.62. The number of furan rings is 1. The molecule has 1 fully saturated rings. The Morgan fingerprint density at radius 1 is 1.37 bits per heavy atom. The molecule has 0 unspecified atom stereocenters. The second-order valence-electron chi connectivity index (χ2n) is 4.99. The zero-order valence-electron chi connectivity index (χ0n) is 10.7. The van der Waals surface area contributed by atoms with Crippen LogP contribution >= 0.6 is 11.6 Å². The zero-order chi connectivity index (χ0) is 13.4. The summed E-state index contributed by atoms with van der Waals surface area (Å²) in [5.41, 5.74) is 2.34. The van der Waals surface area contributed by atoms with Gasteiger partial charge in [0.05, 0.1) is 17.8 Å². The van der Waals surface area contributed by atoms with E-state index in [1.54, 1.807) is 19.3 Å². The minimum atomic E-state index is -0.282. The maximum Gasteiger partial charge on any atom is 0.127 e. The van der Waals surface area contributed by atoms with Crippen molar-refractivity contribution in [2.45, 2.75) is 32.4 Å². The van der Waals surface area contributed by atoms with Crippen molar-refractivity contribution >= 4 is 11.6 Å². The molecule has 1 aromatic heterocycles. The van der Waals surface area contributed by atoms with E-state index in [-0.39, 0.29) is 5.82 Å². The third-order valence-electron chi connectivity index (χ3n) is 3.41. The number of hydrogen-bond acceptors (Lipinski definition) is 2. The van der Waals surface area contributed by atoms with Crippen molar-refractivity contribution in [3.8, 4) is 11.1 Å². The first-order valence-electron chi connectivity index (χ1n) is 6.41. The van der Waals surface area contributed by atoms with Crippen LogP contribution in [0.3, 0.4) is 0 Å².